The standard InChI is InChI=1S/C24H39BrN2O4/c1-15-22(16-2-4-18(25)5-3-16)23(28)20-7-6-19(14-21(20)31-15)30-13-12-27-10-8-17(9-11-27)24(26)29/h15-22H,2-14H2,1H3,(H2,26,29). The number of piperidine rings is 1. The first-order chi connectivity index (χ1) is 14.9. The number of rotatable bonds is 6. The Hall–Kier alpha value is -0.500. The number of carbonyl (C=O) groups is 2. The quantitative estimate of drug-likeness (QED) is 0.568. The van der Waals surface area contributed by atoms with Crippen molar-refractivity contribution < 1.29 is 19.1 Å². The van der Waals surface area contributed by atoms with Gasteiger partial charge in [-0.25, -0.2) is 0 Å². The molecule has 2 saturated heterocycles. The lowest BCUT2D eigenvalue weighted by Crippen LogP contribution is -2.53. The predicted molar refractivity (Wildman–Crippen MR) is 123 cm³/mol. The zero-order chi connectivity index (χ0) is 22.0. The number of Topliss-reactive ketones (excluding diaryl/α,β-unsaturated/α-hetero) is 1. The highest BCUT2D eigenvalue weighted by atomic mass is 79.9. The van der Waals surface area contributed by atoms with Crippen LogP contribution in [0.25, 0.3) is 0 Å². The van der Waals surface area contributed by atoms with Gasteiger partial charge in [-0.05, 0) is 77.3 Å². The minimum absolute atomic E-state index is 0.0240. The molecule has 4 fully saturated rings. The molecule has 2 heterocycles. The van der Waals surface area contributed by atoms with E-state index in [9.17, 15) is 9.59 Å². The molecule has 4 aliphatic rings. The average Bonchev–Trinajstić information content (AvgIpc) is 2.75. The van der Waals surface area contributed by atoms with Crippen LogP contribution >= 0.6 is 15.9 Å². The summed E-state index contributed by atoms with van der Waals surface area (Å²) in [5.74, 6) is 0.982. The summed E-state index contributed by atoms with van der Waals surface area (Å²) in [6, 6.07) is 0. The topological polar surface area (TPSA) is 81.9 Å². The summed E-state index contributed by atoms with van der Waals surface area (Å²) in [6.45, 7) is 5.54. The molecule has 5 atom stereocenters. The van der Waals surface area contributed by atoms with Gasteiger partial charge < -0.3 is 20.1 Å². The van der Waals surface area contributed by atoms with E-state index in [4.69, 9.17) is 15.2 Å². The Labute approximate surface area is 195 Å². The second-order valence-electron chi connectivity index (χ2n) is 10.3. The first kappa shape index (κ1) is 23.7. The number of nitrogens with two attached hydrogens (primary N) is 1. The molecule has 2 N–H and O–H groups in total. The number of primary amides is 1. The van der Waals surface area contributed by atoms with E-state index in [1.807, 2.05) is 0 Å². The predicted octanol–water partition coefficient (Wildman–Crippen LogP) is 3.30. The van der Waals surface area contributed by atoms with Crippen LogP contribution in [-0.2, 0) is 19.1 Å². The molecule has 1 amide bonds. The molecule has 0 radical (unpaired) electrons. The number of alkyl halides is 1. The Morgan fingerprint density at radius 1 is 1.13 bits per heavy atom. The maximum Gasteiger partial charge on any atom is 0.220 e. The molecule has 0 aromatic heterocycles. The minimum Gasteiger partial charge on any atom is -0.377 e. The fraction of sp³-hybridized carbons (Fsp3) is 0.917. The van der Waals surface area contributed by atoms with Crippen molar-refractivity contribution >= 4 is 27.6 Å². The van der Waals surface area contributed by atoms with Gasteiger partial charge in [0.2, 0.25) is 5.91 Å². The lowest BCUT2D eigenvalue weighted by Gasteiger charge is -2.46. The second kappa shape index (κ2) is 10.6. The van der Waals surface area contributed by atoms with E-state index >= 15 is 0 Å². The van der Waals surface area contributed by atoms with Crippen LogP contribution in [0.4, 0.5) is 0 Å². The van der Waals surface area contributed by atoms with Crippen LogP contribution in [-0.4, -0.2) is 66.0 Å². The molecular weight excluding hydrogens is 460 g/mol. The number of ether oxygens (including phenoxy) is 2. The van der Waals surface area contributed by atoms with Crippen LogP contribution in [0.3, 0.4) is 0 Å². The molecule has 0 aromatic carbocycles. The lowest BCUT2D eigenvalue weighted by atomic mass is 9.68. The number of hydrogen-bond donors (Lipinski definition) is 1. The van der Waals surface area contributed by atoms with Crippen molar-refractivity contribution in [2.24, 2.45) is 29.4 Å². The monoisotopic (exact) mass is 498 g/mol. The van der Waals surface area contributed by atoms with Gasteiger partial charge in [0.15, 0.2) is 0 Å². The number of fused-ring (bicyclic) bond motifs is 1. The van der Waals surface area contributed by atoms with Gasteiger partial charge in [0.05, 0.1) is 24.9 Å². The molecule has 0 bridgehead atoms. The van der Waals surface area contributed by atoms with E-state index in [-0.39, 0.29) is 42.0 Å². The summed E-state index contributed by atoms with van der Waals surface area (Å²) < 4.78 is 12.7. The molecule has 176 valence electrons. The zero-order valence-electron chi connectivity index (χ0n) is 18.8. The summed E-state index contributed by atoms with van der Waals surface area (Å²) in [7, 11) is 0. The van der Waals surface area contributed by atoms with Crippen molar-refractivity contribution in [3.05, 3.63) is 0 Å². The second-order valence-corrected chi connectivity index (χ2v) is 11.5. The number of halogens is 1. The Kier molecular flexibility index (Phi) is 8.10. The third-order valence-electron chi connectivity index (χ3n) is 8.29. The maximum atomic E-state index is 13.4. The van der Waals surface area contributed by atoms with Crippen LogP contribution in [0.1, 0.15) is 64.7 Å². The van der Waals surface area contributed by atoms with Crippen molar-refractivity contribution in [3.8, 4) is 0 Å². The summed E-state index contributed by atoms with van der Waals surface area (Å²) >= 11 is 3.73. The number of carbonyl (C=O) groups excluding carboxylic acids is 2. The number of likely N-dealkylation sites (tertiary alicyclic amines) is 1. The Morgan fingerprint density at radius 2 is 1.84 bits per heavy atom. The molecule has 5 unspecified atom stereocenters. The van der Waals surface area contributed by atoms with Gasteiger partial charge >= 0.3 is 0 Å². The van der Waals surface area contributed by atoms with E-state index in [1.165, 1.54) is 12.8 Å². The van der Waals surface area contributed by atoms with Crippen molar-refractivity contribution in [2.75, 3.05) is 26.2 Å². The number of amides is 1. The minimum atomic E-state index is -0.165. The summed E-state index contributed by atoms with van der Waals surface area (Å²) in [5.41, 5.74) is 5.42. The van der Waals surface area contributed by atoms with Crippen LogP contribution in [0.15, 0.2) is 0 Å². The number of nitrogens with zero attached hydrogens (tertiary/aromatic N) is 1. The van der Waals surface area contributed by atoms with Crippen LogP contribution in [0, 0.1) is 23.7 Å². The summed E-state index contributed by atoms with van der Waals surface area (Å²) in [4.78, 5) is 27.7. The summed E-state index contributed by atoms with van der Waals surface area (Å²) in [6.07, 6.45) is 9.26. The van der Waals surface area contributed by atoms with Gasteiger partial charge in [-0.3, -0.25) is 9.59 Å². The Bertz CT molecular complexity index is 631. The highest BCUT2D eigenvalue weighted by Gasteiger charge is 2.48. The smallest absolute Gasteiger partial charge is 0.220 e. The molecule has 2 saturated carbocycles. The normalized spacial score (nSPS) is 40.5. The SMILES string of the molecule is CC1OC2CC(OCCN3CCC(C(N)=O)CC3)CCC2C(=O)C1C1CCC(Br)CC1. The van der Waals surface area contributed by atoms with E-state index < -0.39 is 0 Å². The molecule has 4 rings (SSSR count). The molecule has 31 heavy (non-hydrogen) atoms. The van der Waals surface area contributed by atoms with E-state index in [0.29, 0.717) is 23.1 Å². The first-order valence-corrected chi connectivity index (χ1v) is 13.3. The Morgan fingerprint density at radius 3 is 2.52 bits per heavy atom. The van der Waals surface area contributed by atoms with Crippen LogP contribution in [0.5, 0.6) is 0 Å². The van der Waals surface area contributed by atoms with Crippen LogP contribution < -0.4 is 5.73 Å². The van der Waals surface area contributed by atoms with E-state index in [2.05, 4.69) is 27.8 Å². The third kappa shape index (κ3) is 5.71. The first-order valence-electron chi connectivity index (χ1n) is 12.4. The highest BCUT2D eigenvalue weighted by molar-refractivity contribution is 9.09. The van der Waals surface area contributed by atoms with Gasteiger partial charge in [-0.2, -0.15) is 0 Å². The maximum absolute atomic E-state index is 13.4. The zero-order valence-corrected chi connectivity index (χ0v) is 20.4. The van der Waals surface area contributed by atoms with E-state index in [1.54, 1.807) is 0 Å². The molecule has 7 heteroatoms. The van der Waals surface area contributed by atoms with Gasteiger partial charge in [0.25, 0.3) is 0 Å². The van der Waals surface area contributed by atoms with Gasteiger partial charge in [-0.1, -0.05) is 15.9 Å². The lowest BCUT2D eigenvalue weighted by molar-refractivity contribution is -0.175. The molecular formula is C24H39BrN2O4. The van der Waals surface area contributed by atoms with Gasteiger partial charge in [0, 0.05) is 35.5 Å². The fourth-order valence-corrected chi connectivity index (χ4v) is 6.93. The number of ketones is 1. The van der Waals surface area contributed by atoms with Crippen molar-refractivity contribution in [3.63, 3.8) is 0 Å². The van der Waals surface area contributed by atoms with Gasteiger partial charge in [-0.15, -0.1) is 0 Å². The Balaban J connectivity index is 1.21. The third-order valence-corrected chi connectivity index (χ3v) is 9.21. The molecule has 2 aliphatic carbocycles. The van der Waals surface area contributed by atoms with E-state index in [0.717, 1.165) is 64.6 Å². The molecule has 2 aliphatic heterocycles. The number of hydrogen-bond acceptors (Lipinski definition) is 5. The van der Waals surface area contributed by atoms with Gasteiger partial charge in [0.1, 0.15) is 5.78 Å². The summed E-state index contributed by atoms with van der Waals surface area (Å²) in [5, 5.41) is 0. The average molecular weight is 499 g/mol. The molecule has 0 spiro atoms. The molecule has 6 nitrogen and oxygen atoms in total. The van der Waals surface area contributed by atoms with Crippen molar-refractivity contribution in [2.45, 2.75) is 87.9 Å². The largest absolute Gasteiger partial charge is 0.377 e. The fourth-order valence-electron chi connectivity index (χ4n) is 6.40. The van der Waals surface area contributed by atoms with Crippen molar-refractivity contribution in [1.29, 1.82) is 0 Å². The van der Waals surface area contributed by atoms with Crippen molar-refractivity contribution in [1.82, 2.24) is 4.90 Å². The highest BCUT2D eigenvalue weighted by Crippen LogP contribution is 2.43. The van der Waals surface area contributed by atoms with Crippen LogP contribution in [0.2, 0.25) is 0 Å². The molecule has 0 aromatic rings.